The summed E-state index contributed by atoms with van der Waals surface area (Å²) in [7, 11) is 0. The number of allylic oxidation sites excluding steroid dienone is 2. The van der Waals surface area contributed by atoms with Crippen molar-refractivity contribution >= 4 is 0 Å². The summed E-state index contributed by atoms with van der Waals surface area (Å²) in [4.78, 5) is 0. The number of rotatable bonds is 13. The Balaban J connectivity index is 2.95. The number of ether oxygens (including phenoxy) is 1. The summed E-state index contributed by atoms with van der Waals surface area (Å²) >= 11 is 0. The van der Waals surface area contributed by atoms with E-state index in [1.807, 2.05) is 0 Å². The third-order valence-corrected chi connectivity index (χ3v) is 2.92. The molecule has 2 nitrogen and oxygen atoms in total. The first-order chi connectivity index (χ1) is 8.91. The van der Waals surface area contributed by atoms with Crippen LogP contribution in [0.3, 0.4) is 0 Å². The van der Waals surface area contributed by atoms with Crippen LogP contribution in [0, 0.1) is 11.3 Å². The second-order valence-electron chi connectivity index (χ2n) is 4.66. The lowest BCUT2D eigenvalue weighted by molar-refractivity contribution is 0.135. The van der Waals surface area contributed by atoms with Gasteiger partial charge in [-0.15, -0.1) is 0 Å². The molecule has 0 aromatic carbocycles. The zero-order chi connectivity index (χ0) is 13.3. The second-order valence-corrected chi connectivity index (χ2v) is 4.66. The fraction of sp³-hybridized carbons (Fsp3) is 0.812. The fourth-order valence-corrected chi connectivity index (χ4v) is 1.85. The van der Waals surface area contributed by atoms with E-state index in [-0.39, 0.29) is 0 Å². The van der Waals surface area contributed by atoms with Crippen LogP contribution in [0.5, 0.6) is 0 Å². The largest absolute Gasteiger partial charge is 0.380 e. The van der Waals surface area contributed by atoms with Gasteiger partial charge in [0.1, 0.15) is 0 Å². The Bertz CT molecular complexity index is 218. The summed E-state index contributed by atoms with van der Waals surface area (Å²) in [5.74, 6) is 0. The highest BCUT2D eigenvalue weighted by atomic mass is 16.5. The minimum Gasteiger partial charge on any atom is -0.380 e. The van der Waals surface area contributed by atoms with Crippen molar-refractivity contribution in [2.24, 2.45) is 0 Å². The van der Waals surface area contributed by atoms with Crippen molar-refractivity contribution in [2.75, 3.05) is 13.2 Å². The number of nitriles is 1. The predicted octanol–water partition coefficient (Wildman–Crippen LogP) is 5.00. The average molecular weight is 251 g/mol. The molecule has 0 aromatic rings. The SMILES string of the molecule is CC/C=C/CCCCCCCCCOCCC#N. The molecule has 0 aliphatic heterocycles. The summed E-state index contributed by atoms with van der Waals surface area (Å²) in [5.41, 5.74) is 0. The maximum absolute atomic E-state index is 8.32. The van der Waals surface area contributed by atoms with E-state index in [2.05, 4.69) is 25.1 Å². The molecule has 0 spiro atoms. The first-order valence-corrected chi connectivity index (χ1v) is 7.51. The van der Waals surface area contributed by atoms with Gasteiger partial charge in [-0.05, 0) is 25.7 Å². The third-order valence-electron chi connectivity index (χ3n) is 2.92. The Kier molecular flexibility index (Phi) is 15.5. The lowest BCUT2D eigenvalue weighted by atomic mass is 10.1. The van der Waals surface area contributed by atoms with Crippen molar-refractivity contribution in [2.45, 2.75) is 71.1 Å². The Morgan fingerprint density at radius 2 is 1.56 bits per heavy atom. The predicted molar refractivity (Wildman–Crippen MR) is 77.4 cm³/mol. The average Bonchev–Trinajstić information content (AvgIpc) is 2.39. The topological polar surface area (TPSA) is 33.0 Å². The van der Waals surface area contributed by atoms with Crippen molar-refractivity contribution in [3.05, 3.63) is 12.2 Å². The number of nitrogens with zero attached hydrogens (tertiary/aromatic N) is 1. The zero-order valence-corrected chi connectivity index (χ0v) is 12.0. The minimum atomic E-state index is 0.520. The van der Waals surface area contributed by atoms with Gasteiger partial charge in [-0.25, -0.2) is 0 Å². The molecule has 104 valence electrons. The molecule has 0 rings (SSSR count). The highest BCUT2D eigenvalue weighted by Gasteiger charge is 1.92. The summed E-state index contributed by atoms with van der Waals surface area (Å²) in [5, 5.41) is 8.32. The molecule has 0 atom stereocenters. The first kappa shape index (κ1) is 17.2. The molecule has 0 saturated carbocycles. The van der Waals surface area contributed by atoms with Crippen LogP contribution in [0.2, 0.25) is 0 Å². The van der Waals surface area contributed by atoms with E-state index in [4.69, 9.17) is 10.00 Å². The van der Waals surface area contributed by atoms with E-state index >= 15 is 0 Å². The second kappa shape index (κ2) is 16.2. The number of hydrogen-bond acceptors (Lipinski definition) is 2. The summed E-state index contributed by atoms with van der Waals surface area (Å²) in [6.07, 6.45) is 16.7. The lowest BCUT2D eigenvalue weighted by Gasteiger charge is -2.02. The van der Waals surface area contributed by atoms with Gasteiger partial charge in [-0.2, -0.15) is 5.26 Å². The van der Waals surface area contributed by atoms with Crippen LogP contribution in [0.15, 0.2) is 12.2 Å². The van der Waals surface area contributed by atoms with Crippen LogP contribution in [0.1, 0.15) is 71.1 Å². The van der Waals surface area contributed by atoms with Gasteiger partial charge in [0.2, 0.25) is 0 Å². The normalized spacial score (nSPS) is 10.9. The Labute approximate surface area is 113 Å². The standard InChI is InChI=1S/C16H29NO/c1-2-3-4-5-6-7-8-9-10-11-12-15-18-16-13-14-17/h3-4H,2,5-13,15-16H2,1H3/b4-3+. The van der Waals surface area contributed by atoms with Gasteiger partial charge in [-0.3, -0.25) is 0 Å². The summed E-state index contributed by atoms with van der Waals surface area (Å²) in [6.45, 7) is 3.60. The quantitative estimate of drug-likeness (QED) is 0.341. The van der Waals surface area contributed by atoms with E-state index in [0.717, 1.165) is 19.4 Å². The molecule has 0 aliphatic rings. The van der Waals surface area contributed by atoms with Crippen molar-refractivity contribution in [3.8, 4) is 6.07 Å². The summed E-state index contributed by atoms with van der Waals surface area (Å²) < 4.78 is 5.33. The molecule has 0 aliphatic carbocycles. The summed E-state index contributed by atoms with van der Waals surface area (Å²) in [6, 6.07) is 2.08. The molecule has 0 heterocycles. The monoisotopic (exact) mass is 251 g/mol. The van der Waals surface area contributed by atoms with E-state index in [9.17, 15) is 0 Å². The van der Waals surface area contributed by atoms with E-state index in [0.29, 0.717) is 13.0 Å². The molecule has 2 heteroatoms. The van der Waals surface area contributed by atoms with Crippen LogP contribution >= 0.6 is 0 Å². The first-order valence-electron chi connectivity index (χ1n) is 7.51. The molecule has 0 fully saturated rings. The van der Waals surface area contributed by atoms with Crippen molar-refractivity contribution in [3.63, 3.8) is 0 Å². The van der Waals surface area contributed by atoms with Gasteiger partial charge in [0.15, 0.2) is 0 Å². The number of hydrogen-bond donors (Lipinski definition) is 0. The Morgan fingerprint density at radius 1 is 0.889 bits per heavy atom. The highest BCUT2D eigenvalue weighted by Crippen LogP contribution is 2.09. The Hall–Kier alpha value is -0.810. The van der Waals surface area contributed by atoms with Crippen LogP contribution < -0.4 is 0 Å². The maximum Gasteiger partial charge on any atom is 0.0645 e. The van der Waals surface area contributed by atoms with Gasteiger partial charge in [-0.1, -0.05) is 51.2 Å². The molecule has 0 unspecified atom stereocenters. The minimum absolute atomic E-state index is 0.520. The maximum atomic E-state index is 8.32. The van der Waals surface area contributed by atoms with Gasteiger partial charge in [0.05, 0.1) is 19.1 Å². The van der Waals surface area contributed by atoms with E-state index in [1.165, 1.54) is 44.9 Å². The zero-order valence-electron chi connectivity index (χ0n) is 12.0. The molecule has 0 radical (unpaired) electrons. The smallest absolute Gasteiger partial charge is 0.0645 e. The molecule has 18 heavy (non-hydrogen) atoms. The van der Waals surface area contributed by atoms with Crippen LogP contribution in [-0.2, 0) is 4.74 Å². The molecule has 0 aromatic heterocycles. The van der Waals surface area contributed by atoms with Gasteiger partial charge in [0.25, 0.3) is 0 Å². The van der Waals surface area contributed by atoms with Crippen LogP contribution in [0.25, 0.3) is 0 Å². The van der Waals surface area contributed by atoms with Gasteiger partial charge in [0, 0.05) is 6.61 Å². The molecular formula is C16H29NO. The molecular weight excluding hydrogens is 222 g/mol. The molecule has 0 amide bonds. The molecule has 0 bridgehead atoms. The third kappa shape index (κ3) is 15.2. The van der Waals surface area contributed by atoms with E-state index in [1.54, 1.807) is 0 Å². The molecule has 0 N–H and O–H groups in total. The highest BCUT2D eigenvalue weighted by molar-refractivity contribution is 4.79. The number of unbranched alkanes of at least 4 members (excludes halogenated alkanes) is 7. The Morgan fingerprint density at radius 3 is 2.22 bits per heavy atom. The van der Waals surface area contributed by atoms with E-state index < -0.39 is 0 Å². The lowest BCUT2D eigenvalue weighted by Crippen LogP contribution is -1.95. The van der Waals surface area contributed by atoms with Crippen molar-refractivity contribution in [1.29, 1.82) is 5.26 Å². The van der Waals surface area contributed by atoms with Crippen LogP contribution in [0.4, 0.5) is 0 Å². The van der Waals surface area contributed by atoms with Crippen molar-refractivity contribution < 1.29 is 4.74 Å². The van der Waals surface area contributed by atoms with Crippen molar-refractivity contribution in [1.82, 2.24) is 0 Å². The van der Waals surface area contributed by atoms with Gasteiger partial charge < -0.3 is 4.74 Å². The molecule has 0 saturated heterocycles. The van der Waals surface area contributed by atoms with Gasteiger partial charge >= 0.3 is 0 Å². The van der Waals surface area contributed by atoms with Crippen LogP contribution in [-0.4, -0.2) is 13.2 Å². The fourth-order valence-electron chi connectivity index (χ4n) is 1.85.